The Hall–Kier alpha value is -1.14. The van der Waals surface area contributed by atoms with Gasteiger partial charge in [0.2, 0.25) is 11.2 Å². The molecule has 0 unspecified atom stereocenters. The van der Waals surface area contributed by atoms with Crippen LogP contribution in [0, 0.1) is 0 Å². The van der Waals surface area contributed by atoms with Gasteiger partial charge in [0.1, 0.15) is 6.61 Å². The van der Waals surface area contributed by atoms with Crippen LogP contribution in [0.3, 0.4) is 0 Å². The Labute approximate surface area is 106 Å². The predicted molar refractivity (Wildman–Crippen MR) is 67.7 cm³/mol. The number of anilines is 1. The van der Waals surface area contributed by atoms with Crippen molar-refractivity contribution in [2.75, 3.05) is 39.1 Å². The summed E-state index contributed by atoms with van der Waals surface area (Å²) in [4.78, 5) is 14.0. The average molecular weight is 260 g/mol. The summed E-state index contributed by atoms with van der Waals surface area (Å²) in [6.45, 7) is 4.16. The van der Waals surface area contributed by atoms with E-state index in [1.807, 2.05) is 19.0 Å². The SMILES string of the molecule is CCCNc1nc(Cl)nc(OCCN(C)C)n1. The smallest absolute Gasteiger partial charge is 0.322 e. The van der Waals surface area contributed by atoms with Crippen LogP contribution in [0.15, 0.2) is 0 Å². The molecule has 0 aliphatic carbocycles. The molecule has 0 atom stereocenters. The number of hydrogen-bond acceptors (Lipinski definition) is 6. The zero-order chi connectivity index (χ0) is 12.7. The molecule has 1 aromatic heterocycles. The molecule has 0 aromatic carbocycles. The van der Waals surface area contributed by atoms with Crippen LogP contribution in [0.4, 0.5) is 5.95 Å². The number of ether oxygens (including phenoxy) is 1. The lowest BCUT2D eigenvalue weighted by Gasteiger charge is -2.10. The van der Waals surface area contributed by atoms with E-state index in [4.69, 9.17) is 16.3 Å². The molecule has 1 rings (SSSR count). The first kappa shape index (κ1) is 13.9. The van der Waals surface area contributed by atoms with Crippen molar-refractivity contribution in [2.45, 2.75) is 13.3 Å². The molecule has 1 N–H and O–H groups in total. The Kier molecular flexibility index (Phi) is 5.93. The van der Waals surface area contributed by atoms with E-state index < -0.39 is 0 Å². The maximum atomic E-state index is 5.78. The Morgan fingerprint density at radius 3 is 2.71 bits per heavy atom. The minimum Gasteiger partial charge on any atom is -0.462 e. The molecule has 0 aliphatic rings. The fourth-order valence-corrected chi connectivity index (χ4v) is 1.18. The van der Waals surface area contributed by atoms with Gasteiger partial charge in [-0.2, -0.15) is 15.0 Å². The second-order valence-electron chi connectivity index (χ2n) is 3.79. The average Bonchev–Trinajstić information content (AvgIpc) is 2.25. The van der Waals surface area contributed by atoms with Gasteiger partial charge in [-0.3, -0.25) is 0 Å². The molecule has 1 aromatic rings. The molecule has 17 heavy (non-hydrogen) atoms. The van der Waals surface area contributed by atoms with Crippen molar-refractivity contribution in [1.29, 1.82) is 0 Å². The van der Waals surface area contributed by atoms with E-state index in [-0.39, 0.29) is 11.3 Å². The van der Waals surface area contributed by atoms with Gasteiger partial charge in [-0.25, -0.2) is 0 Å². The fraction of sp³-hybridized carbons (Fsp3) is 0.700. The molecule has 0 fully saturated rings. The van der Waals surface area contributed by atoms with Crippen LogP contribution in [0.25, 0.3) is 0 Å². The van der Waals surface area contributed by atoms with Gasteiger partial charge < -0.3 is 15.0 Å². The maximum absolute atomic E-state index is 5.78. The number of nitrogens with zero attached hydrogens (tertiary/aromatic N) is 4. The van der Waals surface area contributed by atoms with Crippen LogP contribution < -0.4 is 10.1 Å². The standard InChI is InChI=1S/C10H18ClN5O/c1-4-5-12-9-13-8(11)14-10(15-9)17-7-6-16(2)3/h4-7H2,1-3H3,(H,12,13,14,15). The summed E-state index contributed by atoms with van der Waals surface area (Å²) < 4.78 is 5.39. The first-order valence-corrected chi connectivity index (χ1v) is 5.92. The first-order valence-electron chi connectivity index (χ1n) is 5.54. The minimum atomic E-state index is 0.137. The molecule has 0 amide bonds. The summed E-state index contributed by atoms with van der Waals surface area (Å²) in [5, 5.41) is 3.18. The second kappa shape index (κ2) is 7.24. The Bertz CT molecular complexity index is 347. The van der Waals surface area contributed by atoms with E-state index in [1.165, 1.54) is 0 Å². The summed E-state index contributed by atoms with van der Waals surface area (Å²) in [6, 6.07) is 0.255. The van der Waals surface area contributed by atoms with Gasteiger partial charge in [0, 0.05) is 13.1 Å². The molecular weight excluding hydrogens is 242 g/mol. The molecule has 0 saturated heterocycles. The lowest BCUT2D eigenvalue weighted by molar-refractivity contribution is 0.245. The highest BCUT2D eigenvalue weighted by atomic mass is 35.5. The van der Waals surface area contributed by atoms with Gasteiger partial charge >= 0.3 is 6.01 Å². The zero-order valence-corrected chi connectivity index (χ0v) is 11.2. The zero-order valence-electron chi connectivity index (χ0n) is 10.4. The van der Waals surface area contributed by atoms with Crippen molar-refractivity contribution >= 4 is 17.5 Å². The number of rotatable bonds is 7. The van der Waals surface area contributed by atoms with Crippen LogP contribution >= 0.6 is 11.6 Å². The summed E-state index contributed by atoms with van der Waals surface area (Å²) in [5.41, 5.74) is 0. The molecule has 0 bridgehead atoms. The molecular formula is C10H18ClN5O. The van der Waals surface area contributed by atoms with Gasteiger partial charge in [0.25, 0.3) is 0 Å². The second-order valence-corrected chi connectivity index (χ2v) is 4.13. The Balaban J connectivity index is 2.55. The molecule has 7 heteroatoms. The van der Waals surface area contributed by atoms with E-state index >= 15 is 0 Å². The highest BCUT2D eigenvalue weighted by molar-refractivity contribution is 6.28. The van der Waals surface area contributed by atoms with Crippen LogP contribution in [0.1, 0.15) is 13.3 Å². The highest BCUT2D eigenvalue weighted by Gasteiger charge is 2.05. The monoisotopic (exact) mass is 259 g/mol. The van der Waals surface area contributed by atoms with Crippen molar-refractivity contribution in [1.82, 2.24) is 19.9 Å². The topological polar surface area (TPSA) is 63.2 Å². The van der Waals surface area contributed by atoms with Crippen molar-refractivity contribution in [2.24, 2.45) is 0 Å². The summed E-state index contributed by atoms with van der Waals surface area (Å²) in [6.07, 6.45) is 0.986. The Morgan fingerprint density at radius 1 is 1.29 bits per heavy atom. The molecule has 0 spiro atoms. The first-order chi connectivity index (χ1) is 8.11. The van der Waals surface area contributed by atoms with Crippen LogP contribution in [0.2, 0.25) is 5.28 Å². The highest BCUT2D eigenvalue weighted by Crippen LogP contribution is 2.11. The number of halogens is 1. The normalized spacial score (nSPS) is 10.6. The third kappa shape index (κ3) is 5.65. The number of nitrogens with one attached hydrogen (secondary N) is 1. The van der Waals surface area contributed by atoms with Crippen LogP contribution in [-0.4, -0.2) is 53.6 Å². The van der Waals surface area contributed by atoms with E-state index in [9.17, 15) is 0 Å². The summed E-state index contributed by atoms with van der Waals surface area (Å²) in [7, 11) is 3.94. The third-order valence-electron chi connectivity index (χ3n) is 1.89. The minimum absolute atomic E-state index is 0.137. The molecule has 0 saturated carbocycles. The number of hydrogen-bond donors (Lipinski definition) is 1. The van der Waals surface area contributed by atoms with Gasteiger partial charge in [-0.15, -0.1) is 0 Å². The molecule has 1 heterocycles. The van der Waals surface area contributed by atoms with Gasteiger partial charge in [-0.1, -0.05) is 6.92 Å². The maximum Gasteiger partial charge on any atom is 0.322 e. The van der Waals surface area contributed by atoms with E-state index in [0.29, 0.717) is 12.6 Å². The van der Waals surface area contributed by atoms with E-state index in [0.717, 1.165) is 19.5 Å². The largest absolute Gasteiger partial charge is 0.462 e. The fourth-order valence-electron chi connectivity index (χ4n) is 1.03. The van der Waals surface area contributed by atoms with E-state index in [2.05, 4.69) is 27.2 Å². The molecule has 96 valence electrons. The van der Waals surface area contributed by atoms with Crippen molar-refractivity contribution in [3.63, 3.8) is 0 Å². The predicted octanol–water partition coefficient (Wildman–Crippen LogP) is 1.29. The van der Waals surface area contributed by atoms with Gasteiger partial charge in [0.15, 0.2) is 0 Å². The summed E-state index contributed by atoms with van der Waals surface area (Å²) >= 11 is 5.78. The Morgan fingerprint density at radius 2 is 2.06 bits per heavy atom. The quantitative estimate of drug-likeness (QED) is 0.796. The molecule has 0 radical (unpaired) electrons. The molecule has 0 aliphatic heterocycles. The summed E-state index contributed by atoms with van der Waals surface area (Å²) in [5.74, 6) is 0.451. The van der Waals surface area contributed by atoms with Crippen molar-refractivity contribution in [3.8, 4) is 6.01 Å². The lowest BCUT2D eigenvalue weighted by Crippen LogP contribution is -2.20. The number of aromatic nitrogens is 3. The van der Waals surface area contributed by atoms with Crippen molar-refractivity contribution < 1.29 is 4.74 Å². The van der Waals surface area contributed by atoms with E-state index in [1.54, 1.807) is 0 Å². The van der Waals surface area contributed by atoms with Crippen LogP contribution in [0.5, 0.6) is 6.01 Å². The van der Waals surface area contributed by atoms with Gasteiger partial charge in [0.05, 0.1) is 0 Å². The lowest BCUT2D eigenvalue weighted by atomic mass is 10.5. The van der Waals surface area contributed by atoms with Crippen LogP contribution in [-0.2, 0) is 0 Å². The van der Waals surface area contributed by atoms with Crippen molar-refractivity contribution in [3.05, 3.63) is 5.28 Å². The number of likely N-dealkylation sites (N-methyl/N-ethyl adjacent to an activating group) is 1. The van der Waals surface area contributed by atoms with Gasteiger partial charge in [-0.05, 0) is 32.1 Å². The molecule has 6 nitrogen and oxygen atoms in total. The third-order valence-corrected chi connectivity index (χ3v) is 2.06.